The van der Waals surface area contributed by atoms with Crippen molar-refractivity contribution in [3.63, 3.8) is 0 Å². The van der Waals surface area contributed by atoms with Gasteiger partial charge in [-0.15, -0.1) is 0 Å². The number of anilines is 1. The van der Waals surface area contributed by atoms with Gasteiger partial charge in [0.05, 0.1) is 7.11 Å². The molecule has 2 aliphatic rings. The van der Waals surface area contributed by atoms with Crippen molar-refractivity contribution in [2.45, 2.75) is 12.5 Å². The number of rotatable bonds is 5. The van der Waals surface area contributed by atoms with Gasteiger partial charge in [0.2, 0.25) is 5.88 Å². The summed E-state index contributed by atoms with van der Waals surface area (Å²) in [7, 11) is 1.67. The van der Waals surface area contributed by atoms with Crippen molar-refractivity contribution < 1.29 is 14.3 Å². The number of nitrogens with zero attached hydrogens (tertiary/aromatic N) is 3. The van der Waals surface area contributed by atoms with Gasteiger partial charge in [0.25, 0.3) is 5.91 Å². The Hall–Kier alpha value is -2.41. The Kier molecular flexibility index (Phi) is 5.90. The third kappa shape index (κ3) is 4.19. The number of benzene rings is 1. The van der Waals surface area contributed by atoms with Crippen LogP contribution in [0.3, 0.4) is 0 Å². The molecule has 2 saturated heterocycles. The predicted octanol–water partition coefficient (Wildman–Crippen LogP) is 2.94. The predicted molar refractivity (Wildman–Crippen MR) is 112 cm³/mol. The Morgan fingerprint density at radius 1 is 1.14 bits per heavy atom. The molecule has 2 aliphatic heterocycles. The Morgan fingerprint density at radius 2 is 1.93 bits per heavy atom. The lowest BCUT2D eigenvalue weighted by atomic mass is 10.2. The fraction of sp³-hybridized carbons (Fsp3) is 0.429. The van der Waals surface area contributed by atoms with E-state index in [1.165, 1.54) is 0 Å². The summed E-state index contributed by atoms with van der Waals surface area (Å²) in [5, 5.41) is 0. The van der Waals surface area contributed by atoms with Crippen molar-refractivity contribution in [2.24, 2.45) is 0 Å². The van der Waals surface area contributed by atoms with Crippen molar-refractivity contribution in [3.8, 4) is 11.6 Å². The maximum absolute atomic E-state index is 13.1. The number of hydrogen-bond acceptors (Lipinski definition) is 6. The topological polar surface area (TPSA) is 54.9 Å². The van der Waals surface area contributed by atoms with E-state index in [4.69, 9.17) is 9.47 Å². The van der Waals surface area contributed by atoms with E-state index in [1.807, 2.05) is 34.9 Å². The van der Waals surface area contributed by atoms with E-state index in [2.05, 4.69) is 22.0 Å². The first kappa shape index (κ1) is 18.9. The minimum Gasteiger partial charge on any atom is -0.497 e. The second-order valence-corrected chi connectivity index (χ2v) is 8.09. The van der Waals surface area contributed by atoms with Crippen molar-refractivity contribution in [2.75, 3.05) is 49.7 Å². The van der Waals surface area contributed by atoms with Crippen LogP contribution in [0.5, 0.6) is 11.6 Å². The van der Waals surface area contributed by atoms with E-state index in [9.17, 15) is 4.79 Å². The highest BCUT2D eigenvalue weighted by Crippen LogP contribution is 2.26. The normalized spacial score (nSPS) is 19.5. The number of amides is 1. The Bertz CT molecular complexity index is 801. The molecule has 0 radical (unpaired) electrons. The molecule has 6 nitrogen and oxygen atoms in total. The maximum Gasteiger partial charge on any atom is 0.259 e. The summed E-state index contributed by atoms with van der Waals surface area (Å²) in [6.07, 6.45) is 2.85. The first-order chi connectivity index (χ1) is 13.7. The zero-order valence-corrected chi connectivity index (χ0v) is 16.9. The number of hydrogen-bond donors (Lipinski definition) is 0. The number of aromatic nitrogens is 1. The van der Waals surface area contributed by atoms with Gasteiger partial charge in [-0.3, -0.25) is 4.79 Å². The van der Waals surface area contributed by atoms with Crippen molar-refractivity contribution in [1.82, 2.24) is 9.88 Å². The Morgan fingerprint density at radius 3 is 2.61 bits per heavy atom. The van der Waals surface area contributed by atoms with E-state index >= 15 is 0 Å². The third-order valence-electron chi connectivity index (χ3n) is 5.17. The second kappa shape index (κ2) is 8.73. The highest BCUT2D eigenvalue weighted by molar-refractivity contribution is 7.99. The van der Waals surface area contributed by atoms with Gasteiger partial charge < -0.3 is 19.3 Å². The van der Waals surface area contributed by atoms with Crippen LogP contribution >= 0.6 is 11.8 Å². The van der Waals surface area contributed by atoms with E-state index < -0.39 is 0 Å². The van der Waals surface area contributed by atoms with E-state index in [0.717, 1.165) is 42.5 Å². The molecular formula is C21H25N3O3S. The van der Waals surface area contributed by atoms with Gasteiger partial charge in [-0.05, 0) is 48.6 Å². The minimum absolute atomic E-state index is 0.00290. The molecule has 2 aromatic rings. The molecule has 3 heterocycles. The summed E-state index contributed by atoms with van der Waals surface area (Å²) in [5.74, 6) is 3.39. The molecular weight excluding hydrogens is 374 g/mol. The lowest BCUT2D eigenvalue weighted by Crippen LogP contribution is -2.48. The van der Waals surface area contributed by atoms with E-state index in [-0.39, 0.29) is 12.0 Å². The first-order valence-corrected chi connectivity index (χ1v) is 10.8. The molecule has 28 heavy (non-hydrogen) atoms. The van der Waals surface area contributed by atoms with E-state index in [1.54, 1.807) is 19.4 Å². The third-order valence-corrected chi connectivity index (χ3v) is 6.30. The highest BCUT2D eigenvalue weighted by Gasteiger charge is 2.26. The fourth-order valence-electron chi connectivity index (χ4n) is 3.54. The van der Waals surface area contributed by atoms with Crippen LogP contribution in [0.15, 0.2) is 42.6 Å². The first-order valence-electron chi connectivity index (χ1n) is 9.62. The number of thioether (sulfide) groups is 1. The van der Waals surface area contributed by atoms with Gasteiger partial charge in [0.15, 0.2) is 0 Å². The van der Waals surface area contributed by atoms with Crippen molar-refractivity contribution in [3.05, 3.63) is 48.2 Å². The molecule has 0 aliphatic carbocycles. The zero-order valence-electron chi connectivity index (χ0n) is 16.0. The average molecular weight is 400 g/mol. The minimum atomic E-state index is 0.00290. The highest BCUT2D eigenvalue weighted by atomic mass is 32.2. The van der Waals surface area contributed by atoms with Crippen molar-refractivity contribution >= 4 is 23.4 Å². The molecule has 1 amide bonds. The van der Waals surface area contributed by atoms with Gasteiger partial charge in [-0.25, -0.2) is 4.98 Å². The summed E-state index contributed by atoms with van der Waals surface area (Å²) in [6.45, 7) is 2.96. The summed E-state index contributed by atoms with van der Waals surface area (Å²) in [6, 6.07) is 11.7. The lowest BCUT2D eigenvalue weighted by molar-refractivity contribution is 0.0738. The molecule has 0 N–H and O–H groups in total. The molecule has 1 aromatic heterocycles. The van der Waals surface area contributed by atoms with Crippen LogP contribution in [0.2, 0.25) is 0 Å². The Labute approximate surface area is 169 Å². The maximum atomic E-state index is 13.1. The van der Waals surface area contributed by atoms with Crippen LogP contribution in [0.4, 0.5) is 5.69 Å². The largest absolute Gasteiger partial charge is 0.497 e. The van der Waals surface area contributed by atoms with Crippen LogP contribution in [0.25, 0.3) is 0 Å². The lowest BCUT2D eigenvalue weighted by Gasteiger charge is -2.36. The van der Waals surface area contributed by atoms with Gasteiger partial charge in [0, 0.05) is 43.8 Å². The number of piperazine rings is 1. The van der Waals surface area contributed by atoms with Crippen molar-refractivity contribution in [1.29, 1.82) is 0 Å². The number of carbonyl (C=O) groups excluding carboxylic acids is 1. The quantitative estimate of drug-likeness (QED) is 0.771. The van der Waals surface area contributed by atoms with Gasteiger partial charge in [0.1, 0.15) is 17.4 Å². The monoisotopic (exact) mass is 399 g/mol. The second-order valence-electron chi connectivity index (χ2n) is 6.94. The summed E-state index contributed by atoms with van der Waals surface area (Å²) >= 11 is 1.88. The SMILES string of the molecule is COc1ccc(N2CCN(C(=O)c3cccnc3OC3CCSC3)CC2)cc1. The summed E-state index contributed by atoms with van der Waals surface area (Å²) in [4.78, 5) is 21.6. The van der Waals surface area contributed by atoms with Gasteiger partial charge in [-0.2, -0.15) is 11.8 Å². The van der Waals surface area contributed by atoms with E-state index in [0.29, 0.717) is 24.5 Å². The summed E-state index contributed by atoms with van der Waals surface area (Å²) in [5.41, 5.74) is 1.72. The number of methoxy groups -OCH3 is 1. The molecule has 0 spiro atoms. The number of pyridine rings is 1. The molecule has 0 saturated carbocycles. The average Bonchev–Trinajstić information content (AvgIpc) is 3.27. The molecule has 1 unspecified atom stereocenters. The van der Waals surface area contributed by atoms with Crippen LogP contribution < -0.4 is 14.4 Å². The Balaban J connectivity index is 1.40. The fourth-order valence-corrected chi connectivity index (χ4v) is 4.64. The molecule has 0 bridgehead atoms. The smallest absolute Gasteiger partial charge is 0.259 e. The zero-order chi connectivity index (χ0) is 19.3. The number of ether oxygens (including phenoxy) is 2. The summed E-state index contributed by atoms with van der Waals surface area (Å²) < 4.78 is 11.3. The van der Waals surface area contributed by atoms with Crippen LogP contribution in [0, 0.1) is 0 Å². The molecule has 1 atom stereocenters. The standard InChI is InChI=1S/C21H25N3O3S/c1-26-17-6-4-16(5-7-17)23-10-12-24(13-11-23)21(25)19-3-2-9-22-20(19)27-18-8-14-28-15-18/h2-7,9,18H,8,10-15H2,1H3. The van der Waals surface area contributed by atoms with Crippen LogP contribution in [-0.2, 0) is 0 Å². The van der Waals surface area contributed by atoms with Gasteiger partial charge >= 0.3 is 0 Å². The molecule has 148 valence electrons. The molecule has 1 aromatic carbocycles. The molecule has 7 heteroatoms. The molecule has 4 rings (SSSR count). The van der Waals surface area contributed by atoms with Gasteiger partial charge in [-0.1, -0.05) is 0 Å². The molecule has 2 fully saturated rings. The number of carbonyl (C=O) groups is 1. The van der Waals surface area contributed by atoms with Crippen LogP contribution in [-0.4, -0.2) is 66.7 Å². The van der Waals surface area contributed by atoms with Crippen LogP contribution in [0.1, 0.15) is 16.8 Å².